The Bertz CT molecular complexity index is 474. The molecule has 0 saturated heterocycles. The van der Waals surface area contributed by atoms with Gasteiger partial charge in [-0.3, -0.25) is 0 Å². The number of carbonyl (C=O) groups excluding carboxylic acids is 1. The van der Waals surface area contributed by atoms with Crippen molar-refractivity contribution in [3.63, 3.8) is 0 Å². The summed E-state index contributed by atoms with van der Waals surface area (Å²) in [5.74, 6) is 0.328. The van der Waals surface area contributed by atoms with Crippen LogP contribution in [0.3, 0.4) is 0 Å². The molecule has 1 heterocycles. The normalized spacial score (nSPS) is 16.9. The first-order valence-corrected chi connectivity index (χ1v) is 6.03. The predicted molar refractivity (Wildman–Crippen MR) is 69.0 cm³/mol. The van der Waals surface area contributed by atoms with Crippen LogP contribution in [-0.2, 0) is 9.47 Å². The van der Waals surface area contributed by atoms with E-state index in [1.54, 1.807) is 19.1 Å². The number of hydrogen-bond acceptors (Lipinski definition) is 4. The van der Waals surface area contributed by atoms with Crippen molar-refractivity contribution < 1.29 is 14.3 Å². The maximum atomic E-state index is 11.5. The molecule has 0 radical (unpaired) electrons. The van der Waals surface area contributed by atoms with Crippen LogP contribution < -0.4 is 0 Å². The molecule has 0 amide bonds. The number of aliphatic imine (C=N–C) groups is 1. The smallest absolute Gasteiger partial charge is 0.338 e. The molecule has 4 nitrogen and oxygen atoms in total. The van der Waals surface area contributed by atoms with Gasteiger partial charge in [-0.25, -0.2) is 9.79 Å². The summed E-state index contributed by atoms with van der Waals surface area (Å²) in [4.78, 5) is 15.8. The fourth-order valence-corrected chi connectivity index (χ4v) is 1.70. The summed E-state index contributed by atoms with van der Waals surface area (Å²) < 4.78 is 10.6. The third-order valence-electron chi connectivity index (χ3n) is 2.62. The van der Waals surface area contributed by atoms with E-state index < -0.39 is 0 Å². The number of rotatable bonds is 3. The maximum Gasteiger partial charge on any atom is 0.338 e. The number of ether oxygens (including phenoxy) is 2. The highest BCUT2D eigenvalue weighted by atomic mass is 16.5. The summed E-state index contributed by atoms with van der Waals surface area (Å²) in [6, 6.07) is 7.11. The van der Waals surface area contributed by atoms with Crippen molar-refractivity contribution in [3.8, 4) is 0 Å². The molecule has 1 aromatic rings. The topological polar surface area (TPSA) is 47.9 Å². The van der Waals surface area contributed by atoms with Crippen molar-refractivity contribution in [1.29, 1.82) is 0 Å². The van der Waals surface area contributed by atoms with Crippen molar-refractivity contribution >= 4 is 11.9 Å². The number of nitrogens with zero attached hydrogens (tertiary/aromatic N) is 1. The van der Waals surface area contributed by atoms with Crippen molar-refractivity contribution in [2.75, 3.05) is 13.2 Å². The number of hydrogen-bond donors (Lipinski definition) is 0. The van der Waals surface area contributed by atoms with Gasteiger partial charge >= 0.3 is 5.97 Å². The van der Waals surface area contributed by atoms with Gasteiger partial charge < -0.3 is 9.47 Å². The molecule has 0 aromatic heterocycles. The summed E-state index contributed by atoms with van der Waals surface area (Å²) >= 11 is 0. The lowest BCUT2D eigenvalue weighted by molar-refractivity contribution is 0.0526. The van der Waals surface area contributed by atoms with Crippen LogP contribution >= 0.6 is 0 Å². The van der Waals surface area contributed by atoms with Crippen LogP contribution in [0.5, 0.6) is 0 Å². The van der Waals surface area contributed by atoms with Crippen LogP contribution in [0.15, 0.2) is 29.3 Å². The minimum atomic E-state index is -0.307. The monoisotopic (exact) mass is 247 g/mol. The van der Waals surface area contributed by atoms with Crippen molar-refractivity contribution in [3.05, 3.63) is 35.4 Å². The van der Waals surface area contributed by atoms with Crippen LogP contribution in [0.2, 0.25) is 0 Å². The zero-order valence-electron chi connectivity index (χ0n) is 10.9. The Kier molecular flexibility index (Phi) is 3.36. The Morgan fingerprint density at radius 1 is 1.39 bits per heavy atom. The van der Waals surface area contributed by atoms with E-state index in [1.807, 2.05) is 26.0 Å². The molecule has 18 heavy (non-hydrogen) atoms. The van der Waals surface area contributed by atoms with E-state index in [-0.39, 0.29) is 11.6 Å². The van der Waals surface area contributed by atoms with Crippen LogP contribution in [0.1, 0.15) is 36.7 Å². The molecular formula is C14H17NO3. The highest BCUT2D eigenvalue weighted by Gasteiger charge is 2.28. The third kappa shape index (κ3) is 2.70. The van der Waals surface area contributed by atoms with Crippen molar-refractivity contribution in [2.45, 2.75) is 26.4 Å². The molecule has 1 aliphatic rings. The average Bonchev–Trinajstić information content (AvgIpc) is 2.70. The Morgan fingerprint density at radius 3 is 2.56 bits per heavy atom. The molecule has 4 heteroatoms. The molecule has 0 fully saturated rings. The van der Waals surface area contributed by atoms with E-state index in [0.717, 1.165) is 5.56 Å². The maximum absolute atomic E-state index is 11.5. The van der Waals surface area contributed by atoms with E-state index in [2.05, 4.69) is 4.99 Å². The van der Waals surface area contributed by atoms with E-state index >= 15 is 0 Å². The predicted octanol–water partition coefficient (Wildman–Crippen LogP) is 2.42. The minimum absolute atomic E-state index is 0.241. The largest absolute Gasteiger partial charge is 0.469 e. The van der Waals surface area contributed by atoms with Crippen LogP contribution in [-0.4, -0.2) is 30.6 Å². The molecule has 0 spiro atoms. The molecule has 1 aliphatic heterocycles. The number of benzene rings is 1. The molecule has 0 N–H and O–H groups in total. The molecule has 0 saturated carbocycles. The van der Waals surface area contributed by atoms with Crippen LogP contribution in [0, 0.1) is 0 Å². The molecule has 0 aliphatic carbocycles. The van der Waals surface area contributed by atoms with E-state index in [4.69, 9.17) is 9.47 Å². The van der Waals surface area contributed by atoms with Gasteiger partial charge in [0, 0.05) is 5.56 Å². The highest BCUT2D eigenvalue weighted by molar-refractivity contribution is 5.97. The molecule has 2 rings (SSSR count). The lowest BCUT2D eigenvalue weighted by Crippen LogP contribution is -2.24. The quantitative estimate of drug-likeness (QED) is 0.771. The van der Waals surface area contributed by atoms with Crippen LogP contribution in [0.4, 0.5) is 0 Å². The molecule has 0 unspecified atom stereocenters. The minimum Gasteiger partial charge on any atom is -0.469 e. The van der Waals surface area contributed by atoms with Gasteiger partial charge in [-0.05, 0) is 45.0 Å². The number of carbonyl (C=O) groups is 1. The first kappa shape index (κ1) is 12.6. The van der Waals surface area contributed by atoms with E-state index in [0.29, 0.717) is 24.6 Å². The number of esters is 1. The fourth-order valence-electron chi connectivity index (χ4n) is 1.70. The zero-order valence-corrected chi connectivity index (χ0v) is 10.9. The van der Waals surface area contributed by atoms with Gasteiger partial charge in [0.1, 0.15) is 5.60 Å². The SMILES string of the molecule is CCOC(=O)c1ccc(C2=NCC(C)(C)O2)cc1. The molecule has 1 aromatic carbocycles. The van der Waals surface area contributed by atoms with E-state index in [9.17, 15) is 4.79 Å². The van der Waals surface area contributed by atoms with Gasteiger partial charge in [0.2, 0.25) is 5.90 Å². The summed E-state index contributed by atoms with van der Waals surface area (Å²) in [6.45, 7) is 6.81. The fraction of sp³-hybridized carbons (Fsp3) is 0.429. The lowest BCUT2D eigenvalue weighted by atomic mass is 10.1. The summed E-state index contributed by atoms with van der Waals surface area (Å²) in [5.41, 5.74) is 1.18. The molecule has 96 valence electrons. The van der Waals surface area contributed by atoms with Crippen molar-refractivity contribution in [1.82, 2.24) is 0 Å². The van der Waals surface area contributed by atoms with Gasteiger partial charge in [-0.15, -0.1) is 0 Å². The van der Waals surface area contributed by atoms with Gasteiger partial charge in [0.05, 0.1) is 18.7 Å². The Hall–Kier alpha value is -1.84. The van der Waals surface area contributed by atoms with Crippen molar-refractivity contribution in [2.24, 2.45) is 4.99 Å². The van der Waals surface area contributed by atoms with Gasteiger partial charge in [-0.1, -0.05) is 0 Å². The van der Waals surface area contributed by atoms with Gasteiger partial charge in [0.15, 0.2) is 0 Å². The average molecular weight is 247 g/mol. The first-order chi connectivity index (χ1) is 8.52. The second-order valence-electron chi connectivity index (χ2n) is 4.78. The highest BCUT2D eigenvalue weighted by Crippen LogP contribution is 2.21. The zero-order chi connectivity index (χ0) is 13.2. The first-order valence-electron chi connectivity index (χ1n) is 6.03. The molecule has 0 atom stereocenters. The lowest BCUT2D eigenvalue weighted by Gasteiger charge is -2.17. The summed E-state index contributed by atoms with van der Waals surface area (Å²) in [7, 11) is 0. The Balaban J connectivity index is 2.11. The molecular weight excluding hydrogens is 230 g/mol. The Morgan fingerprint density at radius 2 is 2.06 bits per heavy atom. The summed E-state index contributed by atoms with van der Waals surface area (Å²) in [5, 5.41) is 0. The standard InChI is InChI=1S/C14H17NO3/c1-4-17-13(16)11-7-5-10(6-8-11)12-15-9-14(2,3)18-12/h5-8H,4,9H2,1-3H3. The second-order valence-corrected chi connectivity index (χ2v) is 4.78. The van der Waals surface area contributed by atoms with E-state index in [1.165, 1.54) is 0 Å². The second kappa shape index (κ2) is 4.80. The van der Waals surface area contributed by atoms with Gasteiger partial charge in [-0.2, -0.15) is 0 Å². The Labute approximate surface area is 107 Å². The summed E-state index contributed by atoms with van der Waals surface area (Å²) in [6.07, 6.45) is 0. The van der Waals surface area contributed by atoms with Crippen LogP contribution in [0.25, 0.3) is 0 Å². The van der Waals surface area contributed by atoms with Gasteiger partial charge in [0.25, 0.3) is 0 Å². The molecule has 0 bridgehead atoms. The third-order valence-corrected chi connectivity index (χ3v) is 2.62.